The summed E-state index contributed by atoms with van der Waals surface area (Å²) in [4.78, 5) is 6.90. The predicted molar refractivity (Wildman–Crippen MR) is 86.5 cm³/mol. The maximum absolute atomic E-state index is 6.00. The molecule has 1 unspecified atom stereocenters. The molecule has 3 rings (SSSR count). The lowest BCUT2D eigenvalue weighted by atomic mass is 9.97. The van der Waals surface area contributed by atoms with E-state index in [0.29, 0.717) is 0 Å². The number of fused-ring (bicyclic) bond motifs is 1. The largest absolute Gasteiger partial charge is 0.371 e. The van der Waals surface area contributed by atoms with Crippen LogP contribution in [0.4, 0.5) is 5.69 Å². The van der Waals surface area contributed by atoms with E-state index in [-0.39, 0.29) is 6.04 Å². The van der Waals surface area contributed by atoms with E-state index in [9.17, 15) is 0 Å². The molecule has 1 aliphatic heterocycles. The Hall–Kier alpha value is -1.81. The Balaban J connectivity index is 1.76. The quantitative estimate of drug-likeness (QED) is 0.938. The summed E-state index contributed by atoms with van der Waals surface area (Å²) in [6.07, 6.45) is 7.24. The molecule has 2 heterocycles. The van der Waals surface area contributed by atoms with E-state index in [2.05, 4.69) is 39.7 Å². The number of nitrogens with zero attached hydrogens (tertiary/aromatic N) is 3. The van der Waals surface area contributed by atoms with Crippen LogP contribution in [0.3, 0.4) is 0 Å². The molecule has 4 nitrogen and oxygen atoms in total. The van der Waals surface area contributed by atoms with E-state index in [4.69, 9.17) is 5.73 Å². The maximum Gasteiger partial charge on any atom is 0.110 e. The van der Waals surface area contributed by atoms with E-state index >= 15 is 0 Å². The molecule has 1 aromatic heterocycles. The first-order valence-electron chi connectivity index (χ1n) is 7.74. The van der Waals surface area contributed by atoms with Crippen LogP contribution in [0.1, 0.15) is 36.3 Å². The number of nitrogens with two attached hydrogens (primary N) is 1. The van der Waals surface area contributed by atoms with Crippen molar-refractivity contribution in [1.82, 2.24) is 9.55 Å². The normalized spacial score (nSPS) is 15.9. The molecular formula is C17H24N4. The molecule has 4 heteroatoms. The first kappa shape index (κ1) is 14.1. The third-order valence-electron chi connectivity index (χ3n) is 4.37. The Morgan fingerprint density at radius 2 is 2.24 bits per heavy atom. The molecule has 112 valence electrons. The fourth-order valence-electron chi connectivity index (χ4n) is 3.08. The summed E-state index contributed by atoms with van der Waals surface area (Å²) in [5, 5.41) is 0. The Labute approximate surface area is 126 Å². The van der Waals surface area contributed by atoms with Crippen molar-refractivity contribution in [1.29, 1.82) is 0 Å². The van der Waals surface area contributed by atoms with E-state index in [1.54, 1.807) is 0 Å². The molecule has 21 heavy (non-hydrogen) atoms. The first-order valence-corrected chi connectivity index (χ1v) is 7.74. The topological polar surface area (TPSA) is 47.1 Å². The summed E-state index contributed by atoms with van der Waals surface area (Å²) in [7, 11) is 2.06. The van der Waals surface area contributed by atoms with Crippen molar-refractivity contribution in [2.75, 3.05) is 18.0 Å². The zero-order valence-electron chi connectivity index (χ0n) is 12.9. The number of hydrogen-bond acceptors (Lipinski definition) is 3. The van der Waals surface area contributed by atoms with Crippen molar-refractivity contribution in [3.63, 3.8) is 0 Å². The van der Waals surface area contributed by atoms with Crippen molar-refractivity contribution < 1.29 is 0 Å². The minimum absolute atomic E-state index is 0.109. The third-order valence-corrected chi connectivity index (χ3v) is 4.37. The summed E-state index contributed by atoms with van der Waals surface area (Å²) in [6.45, 7) is 4.20. The molecule has 0 aliphatic carbocycles. The van der Waals surface area contributed by atoms with Gasteiger partial charge in [0.1, 0.15) is 5.82 Å². The van der Waals surface area contributed by atoms with Gasteiger partial charge in [-0.15, -0.1) is 0 Å². The van der Waals surface area contributed by atoms with Crippen LogP contribution in [0.15, 0.2) is 30.6 Å². The Kier molecular flexibility index (Phi) is 3.97. The van der Waals surface area contributed by atoms with Crippen LogP contribution in [0.25, 0.3) is 0 Å². The van der Waals surface area contributed by atoms with Crippen LogP contribution in [-0.2, 0) is 19.9 Å². The van der Waals surface area contributed by atoms with Gasteiger partial charge < -0.3 is 15.2 Å². The molecule has 0 bridgehead atoms. The molecule has 2 N–H and O–H groups in total. The van der Waals surface area contributed by atoms with Gasteiger partial charge in [0.2, 0.25) is 0 Å². The van der Waals surface area contributed by atoms with E-state index in [1.165, 1.54) is 23.2 Å². The highest BCUT2D eigenvalue weighted by atomic mass is 15.1. The molecule has 1 atom stereocenters. The van der Waals surface area contributed by atoms with Gasteiger partial charge in [-0.05, 0) is 37.0 Å². The van der Waals surface area contributed by atoms with Crippen LogP contribution in [0, 0.1) is 0 Å². The maximum atomic E-state index is 6.00. The predicted octanol–water partition coefficient (Wildman–Crippen LogP) is 2.44. The summed E-state index contributed by atoms with van der Waals surface area (Å²) < 4.78 is 2.10. The molecule has 1 aromatic carbocycles. The highest BCUT2D eigenvalue weighted by Gasteiger charge is 2.18. The van der Waals surface area contributed by atoms with Gasteiger partial charge in [0.15, 0.2) is 0 Å². The van der Waals surface area contributed by atoms with Crippen molar-refractivity contribution in [2.45, 2.75) is 32.2 Å². The lowest BCUT2D eigenvalue weighted by Crippen LogP contribution is -2.32. The molecule has 0 spiro atoms. The standard InChI is InChI=1S/C17H24N4/c1-13(18)14-5-6-16-15(12-14)4-3-9-21(16)10-7-17-19-8-11-20(17)2/h5-6,8,11-13H,3-4,7,9-10,18H2,1-2H3. The van der Waals surface area contributed by atoms with Crippen LogP contribution >= 0.6 is 0 Å². The van der Waals surface area contributed by atoms with Gasteiger partial charge in [-0.2, -0.15) is 0 Å². The van der Waals surface area contributed by atoms with E-state index in [0.717, 1.165) is 31.8 Å². The smallest absolute Gasteiger partial charge is 0.110 e. The lowest BCUT2D eigenvalue weighted by Gasteiger charge is -2.32. The highest BCUT2D eigenvalue weighted by molar-refractivity contribution is 5.57. The number of aromatic nitrogens is 2. The number of benzene rings is 1. The van der Waals surface area contributed by atoms with Gasteiger partial charge in [-0.3, -0.25) is 0 Å². The number of hydrogen-bond donors (Lipinski definition) is 1. The average Bonchev–Trinajstić information content (AvgIpc) is 2.89. The zero-order valence-corrected chi connectivity index (χ0v) is 12.9. The minimum atomic E-state index is 0.109. The zero-order chi connectivity index (χ0) is 14.8. The number of anilines is 1. The van der Waals surface area contributed by atoms with Crippen molar-refractivity contribution in [3.05, 3.63) is 47.5 Å². The molecule has 0 saturated carbocycles. The second kappa shape index (κ2) is 5.90. The Morgan fingerprint density at radius 3 is 2.95 bits per heavy atom. The first-order chi connectivity index (χ1) is 10.1. The van der Waals surface area contributed by atoms with Crippen LogP contribution < -0.4 is 10.6 Å². The van der Waals surface area contributed by atoms with Gasteiger partial charge in [0.05, 0.1) is 0 Å². The molecule has 2 aromatic rings. The molecule has 0 saturated heterocycles. The fourth-order valence-corrected chi connectivity index (χ4v) is 3.08. The van der Waals surface area contributed by atoms with Gasteiger partial charge in [-0.1, -0.05) is 12.1 Å². The van der Waals surface area contributed by atoms with Crippen LogP contribution in [0.5, 0.6) is 0 Å². The minimum Gasteiger partial charge on any atom is -0.371 e. The van der Waals surface area contributed by atoms with Gasteiger partial charge >= 0.3 is 0 Å². The van der Waals surface area contributed by atoms with Crippen LogP contribution in [-0.4, -0.2) is 22.6 Å². The summed E-state index contributed by atoms with van der Waals surface area (Å²) in [5.74, 6) is 1.15. The Morgan fingerprint density at radius 1 is 1.38 bits per heavy atom. The summed E-state index contributed by atoms with van der Waals surface area (Å²) in [6, 6.07) is 6.81. The van der Waals surface area contributed by atoms with E-state index < -0.39 is 0 Å². The molecule has 1 aliphatic rings. The van der Waals surface area contributed by atoms with Gasteiger partial charge in [0.25, 0.3) is 0 Å². The number of imidazole rings is 1. The highest BCUT2D eigenvalue weighted by Crippen LogP contribution is 2.29. The SMILES string of the molecule is CC(N)c1ccc2c(c1)CCCN2CCc1nccn1C. The number of aryl methyl sites for hydroxylation is 2. The molecular weight excluding hydrogens is 260 g/mol. The third kappa shape index (κ3) is 2.95. The molecule has 0 radical (unpaired) electrons. The summed E-state index contributed by atoms with van der Waals surface area (Å²) in [5.41, 5.74) is 10.0. The van der Waals surface area contributed by atoms with Gasteiger partial charge in [-0.25, -0.2) is 4.98 Å². The Bertz CT molecular complexity index is 615. The fraction of sp³-hybridized carbons (Fsp3) is 0.471. The van der Waals surface area contributed by atoms with Crippen molar-refractivity contribution in [3.8, 4) is 0 Å². The monoisotopic (exact) mass is 284 g/mol. The molecule has 0 amide bonds. The van der Waals surface area contributed by atoms with Crippen molar-refractivity contribution in [2.24, 2.45) is 12.8 Å². The van der Waals surface area contributed by atoms with Crippen molar-refractivity contribution >= 4 is 5.69 Å². The average molecular weight is 284 g/mol. The summed E-state index contributed by atoms with van der Waals surface area (Å²) >= 11 is 0. The van der Waals surface area contributed by atoms with E-state index in [1.807, 2.05) is 19.3 Å². The number of rotatable bonds is 4. The second-order valence-electron chi connectivity index (χ2n) is 5.97. The van der Waals surface area contributed by atoms with Crippen LogP contribution in [0.2, 0.25) is 0 Å². The molecule has 0 fully saturated rings. The lowest BCUT2D eigenvalue weighted by molar-refractivity contribution is 0.665. The second-order valence-corrected chi connectivity index (χ2v) is 5.97. The van der Waals surface area contributed by atoms with Gasteiger partial charge in [0, 0.05) is 50.7 Å².